The lowest BCUT2D eigenvalue weighted by Crippen LogP contribution is -2.50. The molecule has 110 valence electrons. The van der Waals surface area contributed by atoms with Gasteiger partial charge < -0.3 is 16.2 Å². The summed E-state index contributed by atoms with van der Waals surface area (Å²) >= 11 is 0. The van der Waals surface area contributed by atoms with E-state index in [1.807, 2.05) is 13.8 Å². The van der Waals surface area contributed by atoms with Gasteiger partial charge in [-0.3, -0.25) is 4.79 Å². The zero-order chi connectivity index (χ0) is 15.4. The number of nitrogens with two attached hydrogens (primary N) is 1. The molecule has 1 aromatic carbocycles. The quantitative estimate of drug-likeness (QED) is 0.737. The fourth-order valence-electron chi connectivity index (χ4n) is 1.80. The molecule has 1 aromatic rings. The standard InChI is InChI=1S/C15H22N2O3/c1-14(2,16)10-9-12(18)17-15(3,13(19)20)11-7-5-4-6-8-11/h4-8H,9-10,16H2,1-3H3,(H,17,18)(H,19,20). The minimum Gasteiger partial charge on any atom is -0.479 e. The predicted octanol–water partition coefficient (Wildman–Crippen LogP) is 1.62. The molecule has 1 rings (SSSR count). The predicted molar refractivity (Wildman–Crippen MR) is 77.1 cm³/mol. The number of rotatable bonds is 6. The van der Waals surface area contributed by atoms with E-state index in [4.69, 9.17) is 5.73 Å². The highest BCUT2D eigenvalue weighted by Gasteiger charge is 2.36. The minimum absolute atomic E-state index is 0.194. The van der Waals surface area contributed by atoms with Crippen LogP contribution in [0.25, 0.3) is 0 Å². The molecule has 1 unspecified atom stereocenters. The monoisotopic (exact) mass is 278 g/mol. The SMILES string of the molecule is CC(C)(N)CCC(=O)NC(C)(C(=O)O)c1ccccc1. The first-order valence-corrected chi connectivity index (χ1v) is 6.54. The summed E-state index contributed by atoms with van der Waals surface area (Å²) in [6.07, 6.45) is 0.683. The summed E-state index contributed by atoms with van der Waals surface area (Å²) in [5.41, 5.74) is 4.47. The van der Waals surface area contributed by atoms with Crippen LogP contribution in [0.4, 0.5) is 0 Å². The Labute approximate surface area is 119 Å². The molecule has 0 aliphatic heterocycles. The molecule has 1 amide bonds. The van der Waals surface area contributed by atoms with Crippen LogP contribution in [0.3, 0.4) is 0 Å². The zero-order valence-corrected chi connectivity index (χ0v) is 12.1. The van der Waals surface area contributed by atoms with Crippen LogP contribution in [0.2, 0.25) is 0 Å². The molecule has 1 atom stereocenters. The van der Waals surface area contributed by atoms with Crippen molar-refractivity contribution < 1.29 is 14.7 Å². The third kappa shape index (κ3) is 4.35. The fraction of sp³-hybridized carbons (Fsp3) is 0.467. The number of amides is 1. The Hall–Kier alpha value is -1.88. The third-order valence-corrected chi connectivity index (χ3v) is 3.16. The third-order valence-electron chi connectivity index (χ3n) is 3.16. The van der Waals surface area contributed by atoms with Crippen LogP contribution < -0.4 is 11.1 Å². The number of carboxylic acids is 1. The molecule has 0 radical (unpaired) electrons. The number of benzene rings is 1. The number of aliphatic carboxylic acids is 1. The molecule has 0 saturated carbocycles. The van der Waals surface area contributed by atoms with Crippen molar-refractivity contribution in [2.75, 3.05) is 0 Å². The van der Waals surface area contributed by atoms with E-state index in [1.54, 1.807) is 30.3 Å². The average Bonchev–Trinajstić information content (AvgIpc) is 2.36. The van der Waals surface area contributed by atoms with Crippen LogP contribution in [0.15, 0.2) is 30.3 Å². The molecule has 0 heterocycles. The number of hydrogen-bond acceptors (Lipinski definition) is 3. The molecule has 0 aliphatic rings. The molecule has 0 aliphatic carbocycles. The summed E-state index contributed by atoms with van der Waals surface area (Å²) in [6, 6.07) is 8.64. The molecular weight excluding hydrogens is 256 g/mol. The Bertz CT molecular complexity index is 480. The van der Waals surface area contributed by atoms with Gasteiger partial charge in [-0.15, -0.1) is 0 Å². The van der Waals surface area contributed by atoms with Gasteiger partial charge in [-0.05, 0) is 32.8 Å². The van der Waals surface area contributed by atoms with Crippen molar-refractivity contribution in [2.24, 2.45) is 5.73 Å². The Morgan fingerprint density at radius 1 is 1.20 bits per heavy atom. The highest BCUT2D eigenvalue weighted by Crippen LogP contribution is 2.21. The van der Waals surface area contributed by atoms with Crippen molar-refractivity contribution in [1.29, 1.82) is 0 Å². The van der Waals surface area contributed by atoms with Crippen molar-refractivity contribution in [3.8, 4) is 0 Å². The Morgan fingerprint density at radius 2 is 1.75 bits per heavy atom. The second-order valence-corrected chi connectivity index (χ2v) is 5.83. The fourth-order valence-corrected chi connectivity index (χ4v) is 1.80. The minimum atomic E-state index is -1.43. The van der Waals surface area contributed by atoms with Gasteiger partial charge in [0.25, 0.3) is 0 Å². The van der Waals surface area contributed by atoms with Gasteiger partial charge in [0.15, 0.2) is 5.54 Å². The van der Waals surface area contributed by atoms with E-state index in [9.17, 15) is 14.7 Å². The number of carbonyl (C=O) groups excluding carboxylic acids is 1. The number of hydrogen-bond donors (Lipinski definition) is 3. The van der Waals surface area contributed by atoms with E-state index in [0.717, 1.165) is 0 Å². The van der Waals surface area contributed by atoms with Crippen LogP contribution >= 0.6 is 0 Å². The lowest BCUT2D eigenvalue weighted by Gasteiger charge is -2.27. The largest absolute Gasteiger partial charge is 0.479 e. The van der Waals surface area contributed by atoms with Gasteiger partial charge in [0.1, 0.15) is 0 Å². The van der Waals surface area contributed by atoms with Crippen molar-refractivity contribution >= 4 is 11.9 Å². The average molecular weight is 278 g/mol. The number of carbonyl (C=O) groups is 2. The lowest BCUT2D eigenvalue weighted by molar-refractivity contribution is -0.147. The Kier molecular flexibility index (Phi) is 4.89. The van der Waals surface area contributed by atoms with Gasteiger partial charge in [0.2, 0.25) is 5.91 Å². The van der Waals surface area contributed by atoms with E-state index in [0.29, 0.717) is 12.0 Å². The molecule has 4 N–H and O–H groups in total. The molecule has 5 heteroatoms. The van der Waals surface area contributed by atoms with E-state index in [1.165, 1.54) is 6.92 Å². The van der Waals surface area contributed by atoms with Crippen molar-refractivity contribution in [3.63, 3.8) is 0 Å². The molecule has 0 saturated heterocycles. The summed E-state index contributed by atoms with van der Waals surface area (Å²) in [5, 5.41) is 12.0. The van der Waals surface area contributed by atoms with Gasteiger partial charge in [-0.2, -0.15) is 0 Å². The molecule has 5 nitrogen and oxygen atoms in total. The van der Waals surface area contributed by atoms with Crippen LogP contribution in [0, 0.1) is 0 Å². The lowest BCUT2D eigenvalue weighted by atomic mass is 9.91. The second kappa shape index (κ2) is 6.05. The zero-order valence-electron chi connectivity index (χ0n) is 12.1. The Balaban J connectivity index is 2.83. The second-order valence-electron chi connectivity index (χ2n) is 5.83. The normalized spacial score (nSPS) is 14.4. The highest BCUT2D eigenvalue weighted by molar-refractivity contribution is 5.87. The van der Waals surface area contributed by atoms with Crippen LogP contribution in [0.5, 0.6) is 0 Å². The van der Waals surface area contributed by atoms with Crippen LogP contribution in [0.1, 0.15) is 39.2 Å². The summed E-state index contributed by atoms with van der Waals surface area (Å²) < 4.78 is 0. The van der Waals surface area contributed by atoms with Crippen molar-refractivity contribution in [2.45, 2.75) is 44.7 Å². The first-order valence-electron chi connectivity index (χ1n) is 6.54. The first kappa shape index (κ1) is 16.2. The Morgan fingerprint density at radius 3 is 2.20 bits per heavy atom. The van der Waals surface area contributed by atoms with Gasteiger partial charge in [0.05, 0.1) is 0 Å². The summed E-state index contributed by atoms with van der Waals surface area (Å²) in [4.78, 5) is 23.5. The van der Waals surface area contributed by atoms with E-state index < -0.39 is 17.0 Å². The summed E-state index contributed by atoms with van der Waals surface area (Å²) in [7, 11) is 0. The molecule has 20 heavy (non-hydrogen) atoms. The van der Waals surface area contributed by atoms with Gasteiger partial charge in [0, 0.05) is 12.0 Å². The molecule has 0 aromatic heterocycles. The van der Waals surface area contributed by atoms with Crippen LogP contribution in [-0.2, 0) is 15.1 Å². The molecule has 0 spiro atoms. The first-order chi connectivity index (χ1) is 9.15. The topological polar surface area (TPSA) is 92.4 Å². The number of carboxylic acid groups (broad SMARTS) is 1. The van der Waals surface area contributed by atoms with E-state index in [2.05, 4.69) is 5.32 Å². The van der Waals surface area contributed by atoms with Gasteiger partial charge in [-0.25, -0.2) is 4.79 Å². The molecular formula is C15H22N2O3. The van der Waals surface area contributed by atoms with E-state index >= 15 is 0 Å². The van der Waals surface area contributed by atoms with E-state index in [-0.39, 0.29) is 12.3 Å². The smallest absolute Gasteiger partial charge is 0.333 e. The maximum absolute atomic E-state index is 12.0. The molecule has 0 fully saturated rings. The maximum Gasteiger partial charge on any atom is 0.333 e. The van der Waals surface area contributed by atoms with Gasteiger partial charge >= 0.3 is 5.97 Å². The summed E-state index contributed by atoms with van der Waals surface area (Å²) in [5.74, 6) is -1.42. The number of nitrogens with one attached hydrogen (secondary N) is 1. The van der Waals surface area contributed by atoms with Gasteiger partial charge in [-0.1, -0.05) is 30.3 Å². The molecule has 0 bridgehead atoms. The summed E-state index contributed by atoms with van der Waals surface area (Å²) in [6.45, 7) is 5.14. The van der Waals surface area contributed by atoms with Crippen molar-refractivity contribution in [1.82, 2.24) is 5.32 Å². The van der Waals surface area contributed by atoms with Crippen molar-refractivity contribution in [3.05, 3.63) is 35.9 Å². The van der Waals surface area contributed by atoms with Crippen LogP contribution in [-0.4, -0.2) is 22.5 Å². The highest BCUT2D eigenvalue weighted by atomic mass is 16.4. The maximum atomic E-state index is 12.0.